The van der Waals surface area contributed by atoms with Crippen LogP contribution in [0.5, 0.6) is 11.5 Å². The van der Waals surface area contributed by atoms with E-state index in [4.69, 9.17) is 16.3 Å². The van der Waals surface area contributed by atoms with Gasteiger partial charge in [0, 0.05) is 11.6 Å². The molecule has 1 N–H and O–H groups in total. The topological polar surface area (TPSA) is 21.3 Å². The minimum atomic E-state index is -0.370. The summed E-state index contributed by atoms with van der Waals surface area (Å²) in [5, 5.41) is 3.81. The zero-order valence-corrected chi connectivity index (χ0v) is 13.0. The molecule has 2 rings (SSSR count). The molecule has 0 aliphatic heterocycles. The number of aryl methyl sites for hydroxylation is 1. The van der Waals surface area contributed by atoms with Crippen molar-refractivity contribution in [1.82, 2.24) is 5.32 Å². The van der Waals surface area contributed by atoms with Crippen LogP contribution in [0.3, 0.4) is 0 Å². The second kappa shape index (κ2) is 7.43. The van der Waals surface area contributed by atoms with Crippen molar-refractivity contribution in [1.29, 1.82) is 0 Å². The lowest BCUT2D eigenvalue weighted by atomic mass is 10.2. The van der Waals surface area contributed by atoms with Crippen molar-refractivity contribution in [3.8, 4) is 11.5 Å². The highest BCUT2D eigenvalue weighted by molar-refractivity contribution is 6.30. The number of hydrogen-bond acceptors (Lipinski definition) is 2. The van der Waals surface area contributed by atoms with Gasteiger partial charge in [0.05, 0.1) is 0 Å². The molecule has 0 saturated heterocycles. The van der Waals surface area contributed by atoms with E-state index in [-0.39, 0.29) is 11.6 Å². The molecule has 0 fully saturated rings. The van der Waals surface area contributed by atoms with Gasteiger partial charge in [-0.2, -0.15) is 0 Å². The van der Waals surface area contributed by atoms with Crippen LogP contribution in [0, 0.1) is 12.7 Å². The first kappa shape index (κ1) is 15.8. The first-order chi connectivity index (χ1) is 10.1. The quantitative estimate of drug-likeness (QED) is 0.751. The van der Waals surface area contributed by atoms with Crippen LogP contribution < -0.4 is 10.1 Å². The third-order valence-corrected chi connectivity index (χ3v) is 3.36. The maximum atomic E-state index is 14.1. The minimum Gasteiger partial charge on any atom is -0.454 e. The molecule has 0 atom stereocenters. The van der Waals surface area contributed by atoms with E-state index in [1.807, 2.05) is 19.1 Å². The van der Waals surface area contributed by atoms with Crippen LogP contribution in [-0.4, -0.2) is 6.54 Å². The molecule has 0 bridgehead atoms. The lowest BCUT2D eigenvalue weighted by molar-refractivity contribution is 0.438. The zero-order chi connectivity index (χ0) is 15.2. The number of benzene rings is 2. The van der Waals surface area contributed by atoms with Gasteiger partial charge in [0.15, 0.2) is 11.6 Å². The molecule has 0 unspecified atom stereocenters. The number of halogens is 2. The molecule has 2 aromatic carbocycles. The lowest BCUT2D eigenvalue weighted by Crippen LogP contribution is -2.13. The van der Waals surface area contributed by atoms with Gasteiger partial charge in [0.25, 0.3) is 0 Å². The second-order valence-corrected chi connectivity index (χ2v) is 5.39. The Kier molecular flexibility index (Phi) is 5.59. The highest BCUT2D eigenvalue weighted by atomic mass is 35.5. The number of hydrogen-bond donors (Lipinski definition) is 1. The monoisotopic (exact) mass is 307 g/mol. The van der Waals surface area contributed by atoms with E-state index in [0.29, 0.717) is 17.3 Å². The van der Waals surface area contributed by atoms with E-state index in [1.54, 1.807) is 18.2 Å². The summed E-state index contributed by atoms with van der Waals surface area (Å²) < 4.78 is 19.7. The van der Waals surface area contributed by atoms with E-state index >= 15 is 0 Å². The Labute approximate surface area is 129 Å². The van der Waals surface area contributed by atoms with Gasteiger partial charge in [0.1, 0.15) is 5.75 Å². The fourth-order valence-electron chi connectivity index (χ4n) is 1.95. The molecule has 4 heteroatoms. The summed E-state index contributed by atoms with van der Waals surface area (Å²) in [4.78, 5) is 0. The van der Waals surface area contributed by atoms with Crippen LogP contribution in [0.1, 0.15) is 24.5 Å². The van der Waals surface area contributed by atoms with Gasteiger partial charge in [-0.25, -0.2) is 4.39 Å². The normalized spacial score (nSPS) is 10.7. The Balaban J connectivity index is 2.12. The Bertz CT molecular complexity index is 616. The average Bonchev–Trinajstić information content (AvgIpc) is 2.46. The summed E-state index contributed by atoms with van der Waals surface area (Å²) in [7, 11) is 0. The molecule has 0 aromatic heterocycles. The van der Waals surface area contributed by atoms with Gasteiger partial charge in [0.2, 0.25) is 0 Å². The Morgan fingerprint density at radius 1 is 1.14 bits per heavy atom. The first-order valence-electron chi connectivity index (χ1n) is 7.03. The summed E-state index contributed by atoms with van der Waals surface area (Å²) in [5.41, 5.74) is 1.81. The van der Waals surface area contributed by atoms with Crippen LogP contribution in [-0.2, 0) is 6.54 Å². The van der Waals surface area contributed by atoms with E-state index in [2.05, 4.69) is 12.2 Å². The van der Waals surface area contributed by atoms with Crippen molar-refractivity contribution >= 4 is 11.6 Å². The summed E-state index contributed by atoms with van der Waals surface area (Å²) in [6.07, 6.45) is 1.05. The largest absolute Gasteiger partial charge is 0.454 e. The average molecular weight is 308 g/mol. The minimum absolute atomic E-state index is 0.208. The van der Waals surface area contributed by atoms with Gasteiger partial charge in [-0.3, -0.25) is 0 Å². The fraction of sp³-hybridized carbons (Fsp3) is 0.294. The van der Waals surface area contributed by atoms with E-state index in [0.717, 1.165) is 24.1 Å². The predicted octanol–water partition coefficient (Wildman–Crippen LogP) is 5.08. The number of rotatable bonds is 6. The second-order valence-electron chi connectivity index (χ2n) is 4.95. The molecule has 2 aromatic rings. The van der Waals surface area contributed by atoms with Gasteiger partial charge >= 0.3 is 0 Å². The van der Waals surface area contributed by atoms with Crippen molar-refractivity contribution in [2.24, 2.45) is 0 Å². The SMILES string of the molecule is CCCNCc1ccc(Oc2cc(Cl)ccc2C)c(F)c1. The third kappa shape index (κ3) is 4.45. The molecule has 0 amide bonds. The van der Waals surface area contributed by atoms with E-state index in [9.17, 15) is 4.39 Å². The molecule has 21 heavy (non-hydrogen) atoms. The molecule has 0 heterocycles. The molecule has 0 aliphatic rings. The maximum Gasteiger partial charge on any atom is 0.166 e. The van der Waals surface area contributed by atoms with Crippen molar-refractivity contribution in [2.45, 2.75) is 26.8 Å². The van der Waals surface area contributed by atoms with Crippen LogP contribution in [0.25, 0.3) is 0 Å². The standard InChI is InChI=1S/C17H19ClFNO/c1-3-8-20-11-13-5-7-16(15(19)9-13)21-17-10-14(18)6-4-12(17)2/h4-7,9-10,20H,3,8,11H2,1-2H3. The molecular formula is C17H19ClFNO. The highest BCUT2D eigenvalue weighted by Gasteiger charge is 2.08. The fourth-order valence-corrected chi connectivity index (χ4v) is 2.11. The third-order valence-electron chi connectivity index (χ3n) is 3.12. The number of ether oxygens (including phenoxy) is 1. The maximum absolute atomic E-state index is 14.1. The van der Waals surface area contributed by atoms with Crippen LogP contribution >= 0.6 is 11.6 Å². The molecule has 0 saturated carbocycles. The van der Waals surface area contributed by atoms with Crippen molar-refractivity contribution in [3.63, 3.8) is 0 Å². The van der Waals surface area contributed by atoms with Gasteiger partial charge < -0.3 is 10.1 Å². The van der Waals surface area contributed by atoms with Gasteiger partial charge in [-0.15, -0.1) is 0 Å². The Hall–Kier alpha value is -1.58. The molecular weight excluding hydrogens is 289 g/mol. The van der Waals surface area contributed by atoms with Gasteiger partial charge in [-0.1, -0.05) is 30.7 Å². The van der Waals surface area contributed by atoms with Crippen molar-refractivity contribution < 1.29 is 9.13 Å². The van der Waals surface area contributed by atoms with Crippen molar-refractivity contribution in [3.05, 3.63) is 58.4 Å². The lowest BCUT2D eigenvalue weighted by Gasteiger charge is -2.11. The van der Waals surface area contributed by atoms with Gasteiger partial charge in [-0.05, 0) is 55.3 Å². The van der Waals surface area contributed by atoms with Crippen LogP contribution in [0.15, 0.2) is 36.4 Å². The van der Waals surface area contributed by atoms with Crippen molar-refractivity contribution in [2.75, 3.05) is 6.54 Å². The predicted molar refractivity (Wildman–Crippen MR) is 84.7 cm³/mol. The summed E-state index contributed by atoms with van der Waals surface area (Å²) in [5.74, 6) is 0.406. The van der Waals surface area contributed by atoms with E-state index in [1.165, 1.54) is 6.07 Å². The number of nitrogens with one attached hydrogen (secondary N) is 1. The molecule has 0 radical (unpaired) electrons. The Morgan fingerprint density at radius 2 is 1.95 bits per heavy atom. The molecule has 0 spiro atoms. The smallest absolute Gasteiger partial charge is 0.166 e. The molecule has 0 aliphatic carbocycles. The molecule has 2 nitrogen and oxygen atoms in total. The van der Waals surface area contributed by atoms with Crippen LogP contribution in [0.4, 0.5) is 4.39 Å². The summed E-state index contributed by atoms with van der Waals surface area (Å²) in [6, 6.07) is 10.3. The first-order valence-corrected chi connectivity index (χ1v) is 7.41. The Morgan fingerprint density at radius 3 is 2.67 bits per heavy atom. The molecule has 112 valence electrons. The zero-order valence-electron chi connectivity index (χ0n) is 12.2. The summed E-state index contributed by atoms with van der Waals surface area (Å²) >= 11 is 5.94. The summed E-state index contributed by atoms with van der Waals surface area (Å²) in [6.45, 7) is 5.56. The van der Waals surface area contributed by atoms with Crippen LogP contribution in [0.2, 0.25) is 5.02 Å². The highest BCUT2D eigenvalue weighted by Crippen LogP contribution is 2.29. The van der Waals surface area contributed by atoms with E-state index < -0.39 is 0 Å².